The molecule has 5 heterocycles. The molecule has 2 fully saturated rings. The number of alkyl carbamates (subject to hydrolysis) is 2. The van der Waals surface area contributed by atoms with Crippen molar-refractivity contribution >= 4 is 67.7 Å². The molecule has 0 spiro atoms. The second-order valence-corrected chi connectivity index (χ2v) is 20.0. The summed E-state index contributed by atoms with van der Waals surface area (Å²) in [6.07, 6.45) is 1.95. The summed E-state index contributed by atoms with van der Waals surface area (Å²) in [4.78, 5) is 79.2. The van der Waals surface area contributed by atoms with E-state index in [0.717, 1.165) is 86.5 Å². The van der Waals surface area contributed by atoms with E-state index in [0.29, 0.717) is 18.9 Å². The van der Waals surface area contributed by atoms with E-state index in [1.165, 1.54) is 0 Å². The number of nitrogens with one attached hydrogen (secondary N) is 4. The number of rotatable bonds is 9. The van der Waals surface area contributed by atoms with E-state index in [-0.39, 0.29) is 35.7 Å². The first-order valence-corrected chi connectivity index (χ1v) is 22.6. The maximum absolute atomic E-state index is 14.0. The Morgan fingerprint density at radius 3 is 1.59 bits per heavy atom. The van der Waals surface area contributed by atoms with Crippen molar-refractivity contribution in [1.82, 2.24) is 45.4 Å². The van der Waals surface area contributed by atoms with Crippen LogP contribution < -0.4 is 10.6 Å². The van der Waals surface area contributed by atoms with Crippen molar-refractivity contribution in [1.29, 1.82) is 0 Å². The molecule has 4 N–H and O–H groups in total. The van der Waals surface area contributed by atoms with Crippen LogP contribution in [0.3, 0.4) is 0 Å². The summed E-state index contributed by atoms with van der Waals surface area (Å²) in [6, 6.07) is 16.4. The Kier molecular flexibility index (Phi) is 11.8. The number of H-pyrrole nitrogens is 2. The standard InChI is InChI=1S/C49H61N9O6/c1-26(2)38(55-46(61)63-48(5,6)7)44(59)57-23-11-13-36(57)42-51-34-19-16-28-25-29(15-17-30(28)40(34)53-42)32-20-18-31-33(50-32)21-22-35-41(31)54-43(52-35)37-14-12-24-58(37)45(60)39(27(3)4)56-47(62)64-49(8,9)10/h15-22,25-27,36-39H,11-14,23-24H2,1-10H3,(H,51,53)(H,52,54)(H,55,61)(H,56,62)/t36-,37-,38-,39-/m0/s1. The van der Waals surface area contributed by atoms with E-state index < -0.39 is 35.5 Å². The second-order valence-electron chi connectivity index (χ2n) is 20.0. The molecule has 64 heavy (non-hydrogen) atoms. The lowest BCUT2D eigenvalue weighted by Gasteiger charge is -2.31. The topological polar surface area (TPSA) is 188 Å². The van der Waals surface area contributed by atoms with E-state index in [1.54, 1.807) is 41.5 Å². The van der Waals surface area contributed by atoms with Gasteiger partial charge in [0.2, 0.25) is 11.8 Å². The number of hydrogen-bond acceptors (Lipinski definition) is 9. The predicted octanol–water partition coefficient (Wildman–Crippen LogP) is 9.23. The Hall–Kier alpha value is -6.25. The lowest BCUT2D eigenvalue weighted by molar-refractivity contribution is -0.136. The number of likely N-dealkylation sites (tertiary alicyclic amines) is 2. The molecular formula is C49H61N9O6. The fourth-order valence-electron chi connectivity index (χ4n) is 9.05. The normalized spacial score (nSPS) is 18.1. The number of imidazole rings is 2. The van der Waals surface area contributed by atoms with Gasteiger partial charge in [-0.2, -0.15) is 0 Å². The van der Waals surface area contributed by atoms with Gasteiger partial charge in [-0.1, -0.05) is 45.9 Å². The van der Waals surface area contributed by atoms with Gasteiger partial charge in [-0.3, -0.25) is 9.59 Å². The molecule has 0 saturated carbocycles. The molecule has 0 aliphatic carbocycles. The third kappa shape index (κ3) is 9.07. The summed E-state index contributed by atoms with van der Waals surface area (Å²) in [5.74, 6) is 0.858. The van der Waals surface area contributed by atoms with Crippen LogP contribution in [0.4, 0.5) is 9.59 Å². The minimum atomic E-state index is -0.735. The zero-order chi connectivity index (χ0) is 45.8. The predicted molar refractivity (Wildman–Crippen MR) is 247 cm³/mol. The highest BCUT2D eigenvalue weighted by Gasteiger charge is 2.40. The van der Waals surface area contributed by atoms with Crippen molar-refractivity contribution in [2.75, 3.05) is 13.1 Å². The molecule has 0 bridgehead atoms. The van der Waals surface area contributed by atoms with Crippen LogP contribution in [0, 0.1) is 11.8 Å². The fraction of sp³-hybridized carbons (Fsp3) is 0.490. The number of amides is 4. The highest BCUT2D eigenvalue weighted by molar-refractivity contribution is 6.06. The molecule has 4 atom stereocenters. The number of fused-ring (bicyclic) bond motifs is 6. The van der Waals surface area contributed by atoms with Crippen molar-refractivity contribution in [2.45, 2.75) is 130 Å². The average molecular weight is 872 g/mol. The summed E-state index contributed by atoms with van der Waals surface area (Å²) in [6.45, 7) is 19.6. The van der Waals surface area contributed by atoms with E-state index in [1.807, 2.05) is 61.8 Å². The second kappa shape index (κ2) is 17.0. The van der Waals surface area contributed by atoms with Gasteiger partial charge in [-0.05, 0) is 121 Å². The number of ether oxygens (including phenoxy) is 2. The Labute approximate surface area is 373 Å². The molecule has 0 unspecified atom stereocenters. The molecule has 15 nitrogen and oxygen atoms in total. The maximum Gasteiger partial charge on any atom is 0.408 e. The van der Waals surface area contributed by atoms with Crippen LogP contribution in [0.5, 0.6) is 0 Å². The molecule has 2 aliphatic rings. The van der Waals surface area contributed by atoms with Gasteiger partial charge in [0.15, 0.2) is 0 Å². The van der Waals surface area contributed by atoms with Gasteiger partial charge < -0.3 is 39.9 Å². The molecule has 0 radical (unpaired) electrons. The number of carbonyl (C=O) groups excluding carboxylic acids is 4. The van der Waals surface area contributed by atoms with Crippen molar-refractivity contribution in [3.63, 3.8) is 0 Å². The molecule has 3 aromatic heterocycles. The molecule has 2 saturated heterocycles. The maximum atomic E-state index is 14.0. The van der Waals surface area contributed by atoms with Crippen molar-refractivity contribution < 1.29 is 28.7 Å². The Morgan fingerprint density at radius 1 is 0.625 bits per heavy atom. The minimum Gasteiger partial charge on any atom is -0.444 e. The molecule has 15 heteroatoms. The average Bonchev–Trinajstić information content (AvgIpc) is 4.05. The zero-order valence-corrected chi connectivity index (χ0v) is 38.6. The van der Waals surface area contributed by atoms with Crippen LogP contribution in [0.2, 0.25) is 0 Å². The van der Waals surface area contributed by atoms with Crippen LogP contribution >= 0.6 is 0 Å². The molecular weight excluding hydrogens is 811 g/mol. The van der Waals surface area contributed by atoms with E-state index in [4.69, 9.17) is 24.4 Å². The molecule has 6 aromatic rings. The molecule has 8 rings (SSSR count). The highest BCUT2D eigenvalue weighted by atomic mass is 16.6. The van der Waals surface area contributed by atoms with Crippen LogP contribution in [0.1, 0.15) is 119 Å². The van der Waals surface area contributed by atoms with Crippen LogP contribution in [-0.2, 0) is 19.1 Å². The first-order valence-electron chi connectivity index (χ1n) is 22.6. The lowest BCUT2D eigenvalue weighted by Crippen LogP contribution is -2.52. The van der Waals surface area contributed by atoms with Crippen molar-refractivity contribution in [3.05, 3.63) is 66.2 Å². The van der Waals surface area contributed by atoms with E-state index in [9.17, 15) is 19.2 Å². The number of hydrogen-bond donors (Lipinski definition) is 4. The number of benzene rings is 3. The number of aromatic amines is 2. The highest BCUT2D eigenvalue weighted by Crippen LogP contribution is 2.37. The zero-order valence-electron chi connectivity index (χ0n) is 38.6. The van der Waals surface area contributed by atoms with Crippen molar-refractivity contribution in [3.8, 4) is 11.3 Å². The third-order valence-corrected chi connectivity index (χ3v) is 12.0. The summed E-state index contributed by atoms with van der Waals surface area (Å²) >= 11 is 0. The smallest absolute Gasteiger partial charge is 0.408 e. The van der Waals surface area contributed by atoms with Crippen molar-refractivity contribution in [2.24, 2.45) is 11.8 Å². The summed E-state index contributed by atoms with van der Waals surface area (Å²) in [5.41, 5.74) is 4.60. The molecule has 4 amide bonds. The number of nitrogens with zero attached hydrogens (tertiary/aromatic N) is 5. The molecule has 338 valence electrons. The monoisotopic (exact) mass is 871 g/mol. The third-order valence-electron chi connectivity index (χ3n) is 12.0. The van der Waals surface area contributed by atoms with E-state index >= 15 is 0 Å². The van der Waals surface area contributed by atoms with Gasteiger partial charge in [0.05, 0.1) is 45.4 Å². The fourth-order valence-corrected chi connectivity index (χ4v) is 9.05. The van der Waals surface area contributed by atoms with Gasteiger partial charge in [0.1, 0.15) is 34.9 Å². The first-order chi connectivity index (χ1) is 30.2. The van der Waals surface area contributed by atoms with Gasteiger partial charge in [0, 0.05) is 29.4 Å². The Balaban J connectivity index is 1.02. The number of pyridine rings is 1. The Bertz CT molecular complexity index is 2570. The van der Waals surface area contributed by atoms with Gasteiger partial charge in [0.25, 0.3) is 0 Å². The minimum absolute atomic E-state index is 0.139. The SMILES string of the molecule is CC(C)[C@H](NC(=O)OC(C)(C)C)C(=O)N1CCC[C@H]1c1nc2ccc3cc(-c4ccc5c(ccc6nc([C@@H]7CCCN7C(=O)[C@@H](NC(=O)OC(C)(C)C)C(C)C)[nH]c65)n4)ccc3c2[nH]1. The van der Waals surface area contributed by atoms with Crippen LogP contribution in [0.15, 0.2) is 54.6 Å². The lowest BCUT2D eigenvalue weighted by atomic mass is 10.0. The molecule has 2 aliphatic heterocycles. The summed E-state index contributed by atoms with van der Waals surface area (Å²) in [7, 11) is 0. The number of carbonyl (C=O) groups is 4. The summed E-state index contributed by atoms with van der Waals surface area (Å²) < 4.78 is 11.0. The summed E-state index contributed by atoms with van der Waals surface area (Å²) in [5, 5.41) is 8.60. The first kappa shape index (κ1) is 44.4. The Morgan fingerprint density at radius 2 is 1.09 bits per heavy atom. The van der Waals surface area contributed by atoms with Crippen LogP contribution in [0.25, 0.3) is 55.0 Å². The van der Waals surface area contributed by atoms with Crippen LogP contribution in [-0.4, -0.2) is 95.1 Å². The quantitative estimate of drug-likeness (QED) is 0.110. The number of aromatic nitrogens is 5. The van der Waals surface area contributed by atoms with Gasteiger partial charge >= 0.3 is 12.2 Å². The van der Waals surface area contributed by atoms with E-state index in [2.05, 4.69) is 50.9 Å². The van der Waals surface area contributed by atoms with Gasteiger partial charge in [-0.15, -0.1) is 0 Å². The largest absolute Gasteiger partial charge is 0.444 e. The molecule has 3 aromatic carbocycles. The van der Waals surface area contributed by atoms with Gasteiger partial charge in [-0.25, -0.2) is 24.5 Å².